The predicted octanol–water partition coefficient (Wildman–Crippen LogP) is 18.5. The van der Waals surface area contributed by atoms with E-state index in [-0.39, 0.29) is 0 Å². The Kier molecular flexibility index (Phi) is 15.0. The van der Waals surface area contributed by atoms with Crippen molar-refractivity contribution in [2.75, 3.05) is 34.3 Å². The average molecular weight is 1000 g/mol. The van der Waals surface area contributed by atoms with E-state index in [4.69, 9.17) is 19.9 Å². The monoisotopic (exact) mass is 1000 g/mol. The molecular weight excluding hydrogens is 939 g/mol. The first-order valence-electron chi connectivity index (χ1n) is 26.3. The molecule has 72 heavy (non-hydrogen) atoms. The van der Waals surface area contributed by atoms with Crippen molar-refractivity contribution in [2.45, 2.75) is 127 Å². The second kappa shape index (κ2) is 22.4. The van der Waals surface area contributed by atoms with Gasteiger partial charge in [0.25, 0.3) is 0 Å². The molecule has 3 aliphatic rings. The maximum absolute atomic E-state index is 4.87. The van der Waals surface area contributed by atoms with Gasteiger partial charge in [0.05, 0.1) is 56.9 Å². The topological polar surface area (TPSA) is 61.3 Å². The largest absolute Gasteiger partial charge is 0.340 e. The first-order chi connectivity index (χ1) is 35.6. The molecule has 3 aliphatic heterocycles. The average Bonchev–Trinajstić information content (AvgIpc) is 3.43. The molecule has 5 heterocycles. The van der Waals surface area contributed by atoms with Crippen LogP contribution >= 0.6 is 35.3 Å². The number of unbranched alkanes of at least 4 members (excludes halogenated alkanes) is 9. The minimum atomic E-state index is 0.920. The number of anilines is 6. The van der Waals surface area contributed by atoms with Gasteiger partial charge in [-0.1, -0.05) is 162 Å². The van der Waals surface area contributed by atoms with Crippen molar-refractivity contribution in [1.82, 2.24) is 19.9 Å². The number of nitrogens with zero attached hydrogens (tertiary/aromatic N) is 7. The lowest BCUT2D eigenvalue weighted by atomic mass is 10.0. The standard InChI is InChI=1S/C62H63N7S3/c1-4-7-10-17-32-67-51-20-13-15-22-57(51)70-59-35-43(24-28-53(59)67)47-39-49(65-41-63-47)45-26-30-55-61(37-45)72-62-38-46(27-31-56(62)69(55)34-19-12-9-6-3)50-40-48(64-42-66-50)44-25-29-54-60(36-44)71-58-23-16-14-21-52(58)68(54)33-18-11-8-5-2/h13-16,20-31,35-42H,4-12,17-19,32-34H2,1-3H3. The third kappa shape index (κ3) is 10.2. The Morgan fingerprint density at radius 3 is 0.917 bits per heavy atom. The van der Waals surface area contributed by atoms with Crippen LogP contribution in [-0.2, 0) is 0 Å². The maximum atomic E-state index is 4.87. The van der Waals surface area contributed by atoms with Crippen molar-refractivity contribution in [2.24, 2.45) is 0 Å². The summed E-state index contributed by atoms with van der Waals surface area (Å²) in [6, 6.07) is 49.4. The fraction of sp³-hybridized carbons (Fsp3) is 0.290. The summed E-state index contributed by atoms with van der Waals surface area (Å²) in [5.74, 6) is 0. The van der Waals surface area contributed by atoms with Gasteiger partial charge in [0.1, 0.15) is 12.7 Å². The molecule has 0 bridgehead atoms. The van der Waals surface area contributed by atoms with Crippen LogP contribution in [0.2, 0.25) is 0 Å². The zero-order chi connectivity index (χ0) is 48.8. The first-order valence-corrected chi connectivity index (χ1v) is 28.8. The van der Waals surface area contributed by atoms with Gasteiger partial charge in [-0.3, -0.25) is 0 Å². The van der Waals surface area contributed by atoms with Crippen LogP contribution in [0.3, 0.4) is 0 Å². The van der Waals surface area contributed by atoms with Crippen LogP contribution in [-0.4, -0.2) is 39.6 Å². The van der Waals surface area contributed by atoms with Crippen LogP contribution in [0, 0.1) is 0 Å². The molecule has 0 atom stereocenters. The van der Waals surface area contributed by atoms with Crippen LogP contribution in [0.1, 0.15) is 97.8 Å². The van der Waals surface area contributed by atoms with Crippen LogP contribution in [0.25, 0.3) is 45.0 Å². The number of fused-ring (bicyclic) bond motifs is 6. The molecule has 7 nitrogen and oxygen atoms in total. The lowest BCUT2D eigenvalue weighted by Gasteiger charge is -2.33. The molecule has 0 saturated heterocycles. The highest BCUT2D eigenvalue weighted by Gasteiger charge is 2.28. The van der Waals surface area contributed by atoms with Gasteiger partial charge in [-0.25, -0.2) is 19.9 Å². The van der Waals surface area contributed by atoms with Crippen LogP contribution in [0.5, 0.6) is 0 Å². The third-order valence-corrected chi connectivity index (χ3v) is 17.5. The van der Waals surface area contributed by atoms with E-state index in [2.05, 4.69) is 169 Å². The van der Waals surface area contributed by atoms with E-state index in [0.29, 0.717) is 0 Å². The molecule has 2 aromatic heterocycles. The minimum Gasteiger partial charge on any atom is -0.340 e. The Bertz CT molecular complexity index is 3000. The molecule has 0 N–H and O–H groups in total. The molecule has 364 valence electrons. The quantitative estimate of drug-likeness (QED) is 0.0732. The number of aromatic nitrogens is 4. The molecule has 8 aromatic rings. The van der Waals surface area contributed by atoms with E-state index >= 15 is 0 Å². The van der Waals surface area contributed by atoms with Crippen molar-refractivity contribution in [3.05, 3.63) is 146 Å². The lowest BCUT2D eigenvalue weighted by molar-refractivity contribution is 0.666. The van der Waals surface area contributed by atoms with E-state index in [1.165, 1.54) is 134 Å². The van der Waals surface area contributed by atoms with E-state index in [0.717, 1.165) is 71.1 Å². The summed E-state index contributed by atoms with van der Waals surface area (Å²) in [4.78, 5) is 34.6. The molecule has 6 aromatic carbocycles. The number of hydrogen-bond donors (Lipinski definition) is 0. The van der Waals surface area contributed by atoms with Gasteiger partial charge < -0.3 is 14.7 Å². The Labute approximate surface area is 439 Å². The fourth-order valence-corrected chi connectivity index (χ4v) is 13.8. The molecule has 0 saturated carbocycles. The normalized spacial score (nSPS) is 13.2. The van der Waals surface area contributed by atoms with E-state index in [9.17, 15) is 0 Å². The third-order valence-electron chi connectivity index (χ3n) is 14.2. The molecule has 0 amide bonds. The highest BCUT2D eigenvalue weighted by molar-refractivity contribution is 8.00. The second-order valence-corrected chi connectivity index (χ2v) is 22.4. The van der Waals surface area contributed by atoms with Gasteiger partial charge in [0.2, 0.25) is 0 Å². The second-order valence-electron chi connectivity index (χ2n) is 19.2. The fourth-order valence-electron chi connectivity index (χ4n) is 10.3. The van der Waals surface area contributed by atoms with Gasteiger partial charge in [0.15, 0.2) is 0 Å². The Balaban J connectivity index is 0.868. The molecule has 11 rings (SSSR count). The minimum absolute atomic E-state index is 0.920. The molecule has 0 radical (unpaired) electrons. The summed E-state index contributed by atoms with van der Waals surface area (Å²) in [7, 11) is 0. The van der Waals surface area contributed by atoms with E-state index < -0.39 is 0 Å². The lowest BCUT2D eigenvalue weighted by Crippen LogP contribution is -2.22. The summed E-state index contributed by atoms with van der Waals surface area (Å²) in [5.41, 5.74) is 15.7. The maximum Gasteiger partial charge on any atom is 0.116 e. The zero-order valence-electron chi connectivity index (χ0n) is 41.8. The van der Waals surface area contributed by atoms with Crippen molar-refractivity contribution < 1.29 is 0 Å². The smallest absolute Gasteiger partial charge is 0.116 e. The highest BCUT2D eigenvalue weighted by Crippen LogP contribution is 2.53. The number of benzene rings is 6. The number of rotatable bonds is 19. The summed E-state index contributed by atoms with van der Waals surface area (Å²) >= 11 is 5.56. The van der Waals surface area contributed by atoms with Crippen LogP contribution in [0.15, 0.2) is 175 Å². The molecule has 0 aliphatic carbocycles. The zero-order valence-corrected chi connectivity index (χ0v) is 44.3. The Morgan fingerprint density at radius 2 is 0.597 bits per heavy atom. The SMILES string of the molecule is CCCCCCN1c2ccccc2Sc2cc(-c3cc(-c4ccc5c(c4)Sc4cc(-c6cc(-c7ccc8c(c7)Sc7ccccc7N8CCCCCC)ncn6)ccc4N5CCCCCC)ncn3)ccc21. The number of hydrogen-bond acceptors (Lipinski definition) is 10. The number of para-hydroxylation sites is 2. The van der Waals surface area contributed by atoms with E-state index in [1.807, 2.05) is 35.3 Å². The van der Waals surface area contributed by atoms with Crippen LogP contribution in [0.4, 0.5) is 34.1 Å². The summed E-state index contributed by atoms with van der Waals surface area (Å²) < 4.78 is 0. The Hall–Kier alpha value is -6.07. The van der Waals surface area contributed by atoms with Crippen molar-refractivity contribution in [3.8, 4) is 45.0 Å². The summed E-state index contributed by atoms with van der Waals surface area (Å²) in [6.07, 6.45) is 18.1. The van der Waals surface area contributed by atoms with Gasteiger partial charge in [-0.15, -0.1) is 0 Å². The van der Waals surface area contributed by atoms with Crippen molar-refractivity contribution in [1.29, 1.82) is 0 Å². The van der Waals surface area contributed by atoms with E-state index in [1.54, 1.807) is 12.7 Å². The van der Waals surface area contributed by atoms with Crippen LogP contribution < -0.4 is 14.7 Å². The van der Waals surface area contributed by atoms with Gasteiger partial charge in [-0.2, -0.15) is 0 Å². The molecule has 0 unspecified atom stereocenters. The Morgan fingerprint density at radius 1 is 0.306 bits per heavy atom. The summed E-state index contributed by atoms with van der Waals surface area (Å²) in [5, 5.41) is 0. The van der Waals surface area contributed by atoms with Gasteiger partial charge in [0, 0.05) is 71.3 Å². The molecule has 0 fully saturated rings. The highest BCUT2D eigenvalue weighted by atomic mass is 32.2. The first kappa shape index (κ1) is 48.2. The van der Waals surface area contributed by atoms with Crippen molar-refractivity contribution >= 4 is 69.4 Å². The van der Waals surface area contributed by atoms with Crippen molar-refractivity contribution in [3.63, 3.8) is 0 Å². The molecular formula is C62H63N7S3. The molecule has 0 spiro atoms. The summed E-state index contributed by atoms with van der Waals surface area (Å²) in [6.45, 7) is 9.83. The molecule has 10 heteroatoms. The predicted molar refractivity (Wildman–Crippen MR) is 305 cm³/mol. The van der Waals surface area contributed by atoms with Gasteiger partial charge >= 0.3 is 0 Å². The van der Waals surface area contributed by atoms with Gasteiger partial charge in [-0.05, 0) is 104 Å².